The zero-order valence-corrected chi connectivity index (χ0v) is 12.0. The van der Waals surface area contributed by atoms with E-state index in [4.69, 9.17) is 5.26 Å². The first kappa shape index (κ1) is 15.0. The lowest BCUT2D eigenvalue weighted by molar-refractivity contribution is 0.147. The molecule has 0 radical (unpaired) electrons. The molecule has 1 aromatic rings. The second kappa shape index (κ2) is 7.39. The van der Waals surface area contributed by atoms with Crippen LogP contribution in [0.4, 0.5) is 0 Å². The van der Waals surface area contributed by atoms with Crippen molar-refractivity contribution in [3.63, 3.8) is 0 Å². The molecule has 0 bridgehead atoms. The summed E-state index contributed by atoms with van der Waals surface area (Å²) in [6.07, 6.45) is 2.43. The van der Waals surface area contributed by atoms with Gasteiger partial charge in [-0.3, -0.25) is 4.90 Å². The predicted octanol–water partition coefficient (Wildman–Crippen LogP) is 1.67. The van der Waals surface area contributed by atoms with Crippen molar-refractivity contribution >= 4 is 0 Å². The van der Waals surface area contributed by atoms with Crippen molar-refractivity contribution in [2.75, 3.05) is 26.2 Å². The zero-order chi connectivity index (χ0) is 14.4. The average molecular weight is 273 g/mol. The number of benzene rings is 1. The smallest absolute Gasteiger partial charge is 0.0991 e. The Morgan fingerprint density at radius 1 is 1.55 bits per heavy atom. The molecule has 4 heteroatoms. The van der Waals surface area contributed by atoms with Gasteiger partial charge in [-0.2, -0.15) is 5.26 Å². The summed E-state index contributed by atoms with van der Waals surface area (Å²) >= 11 is 0. The van der Waals surface area contributed by atoms with E-state index >= 15 is 0 Å². The van der Waals surface area contributed by atoms with Crippen LogP contribution < -0.4 is 5.32 Å². The molecule has 0 aromatic heterocycles. The van der Waals surface area contributed by atoms with Gasteiger partial charge in [0.2, 0.25) is 0 Å². The van der Waals surface area contributed by atoms with Crippen LogP contribution >= 0.6 is 0 Å². The third-order valence-electron chi connectivity index (χ3n) is 4.05. The minimum absolute atomic E-state index is 0.162. The monoisotopic (exact) mass is 273 g/mol. The van der Waals surface area contributed by atoms with Crippen molar-refractivity contribution in [1.82, 2.24) is 10.2 Å². The van der Waals surface area contributed by atoms with Crippen LogP contribution in [0.1, 0.15) is 36.9 Å². The van der Waals surface area contributed by atoms with E-state index in [1.54, 1.807) is 0 Å². The molecule has 2 rings (SSSR count). The molecule has 1 aliphatic heterocycles. The third kappa shape index (κ3) is 3.80. The summed E-state index contributed by atoms with van der Waals surface area (Å²) in [5.41, 5.74) is 1.83. The maximum Gasteiger partial charge on any atom is 0.0991 e. The summed E-state index contributed by atoms with van der Waals surface area (Å²) in [4.78, 5) is 2.29. The number of hydrogen-bond acceptors (Lipinski definition) is 4. The van der Waals surface area contributed by atoms with Crippen molar-refractivity contribution in [1.29, 1.82) is 5.26 Å². The molecule has 1 saturated heterocycles. The Balaban J connectivity index is 2.08. The fourth-order valence-corrected chi connectivity index (χ4v) is 2.85. The van der Waals surface area contributed by atoms with E-state index in [2.05, 4.69) is 29.3 Å². The first-order valence-electron chi connectivity index (χ1n) is 7.33. The van der Waals surface area contributed by atoms with E-state index in [0.29, 0.717) is 18.2 Å². The highest BCUT2D eigenvalue weighted by atomic mass is 16.3. The summed E-state index contributed by atoms with van der Waals surface area (Å²) in [5, 5.41) is 21.8. The second-order valence-corrected chi connectivity index (χ2v) is 5.43. The molecule has 0 saturated carbocycles. The number of aliphatic hydroxyl groups excluding tert-OH is 1. The zero-order valence-electron chi connectivity index (χ0n) is 12.0. The number of rotatable bonds is 6. The van der Waals surface area contributed by atoms with Crippen molar-refractivity contribution in [3.8, 4) is 6.07 Å². The molecule has 0 amide bonds. The molecule has 1 fully saturated rings. The number of hydrogen-bond donors (Lipinski definition) is 2. The molecule has 20 heavy (non-hydrogen) atoms. The van der Waals surface area contributed by atoms with Gasteiger partial charge in [0, 0.05) is 25.2 Å². The Morgan fingerprint density at radius 3 is 3.05 bits per heavy atom. The van der Waals surface area contributed by atoms with Gasteiger partial charge in [0.25, 0.3) is 0 Å². The van der Waals surface area contributed by atoms with Crippen LogP contribution in [0.3, 0.4) is 0 Å². The summed E-state index contributed by atoms with van der Waals surface area (Å²) < 4.78 is 0. The number of nitrogens with zero attached hydrogens (tertiary/aromatic N) is 2. The lowest BCUT2D eigenvalue weighted by Crippen LogP contribution is -2.40. The summed E-state index contributed by atoms with van der Waals surface area (Å²) in [6.45, 7) is 5.00. The van der Waals surface area contributed by atoms with Gasteiger partial charge in [-0.1, -0.05) is 12.1 Å². The fourth-order valence-electron chi connectivity index (χ4n) is 2.85. The first-order valence-corrected chi connectivity index (χ1v) is 7.33. The minimum atomic E-state index is 0.162. The van der Waals surface area contributed by atoms with Gasteiger partial charge in [0.1, 0.15) is 0 Å². The third-order valence-corrected chi connectivity index (χ3v) is 4.05. The van der Waals surface area contributed by atoms with Crippen LogP contribution in [0.2, 0.25) is 0 Å². The van der Waals surface area contributed by atoms with E-state index in [0.717, 1.165) is 18.7 Å². The highest BCUT2D eigenvalue weighted by molar-refractivity contribution is 5.34. The lowest BCUT2D eigenvalue weighted by Gasteiger charge is -2.31. The Bertz CT molecular complexity index is 463. The largest absolute Gasteiger partial charge is 0.395 e. The molecule has 2 atom stereocenters. The van der Waals surface area contributed by atoms with E-state index in [-0.39, 0.29) is 12.6 Å². The number of nitriles is 1. The van der Waals surface area contributed by atoms with Gasteiger partial charge in [0.05, 0.1) is 18.2 Å². The van der Waals surface area contributed by atoms with Crippen molar-refractivity contribution in [3.05, 3.63) is 35.4 Å². The Labute approximate surface area is 121 Å². The Kier molecular flexibility index (Phi) is 5.54. The highest BCUT2D eigenvalue weighted by Crippen LogP contribution is 2.22. The van der Waals surface area contributed by atoms with Gasteiger partial charge < -0.3 is 10.4 Å². The maximum atomic E-state index is 9.29. The molecule has 1 aliphatic rings. The van der Waals surface area contributed by atoms with Gasteiger partial charge in [-0.25, -0.2) is 0 Å². The van der Waals surface area contributed by atoms with Crippen molar-refractivity contribution in [2.24, 2.45) is 0 Å². The summed E-state index contributed by atoms with van der Waals surface area (Å²) in [5.74, 6) is 0. The molecule has 108 valence electrons. The topological polar surface area (TPSA) is 59.3 Å². The second-order valence-electron chi connectivity index (χ2n) is 5.43. The van der Waals surface area contributed by atoms with Crippen LogP contribution in [0.5, 0.6) is 0 Å². The van der Waals surface area contributed by atoms with Crippen LogP contribution in [0.15, 0.2) is 24.3 Å². The van der Waals surface area contributed by atoms with E-state index in [1.165, 1.54) is 12.8 Å². The van der Waals surface area contributed by atoms with Crippen LogP contribution in [0, 0.1) is 11.3 Å². The van der Waals surface area contributed by atoms with Crippen molar-refractivity contribution < 1.29 is 5.11 Å². The molecular formula is C16H23N3O. The summed E-state index contributed by atoms with van der Waals surface area (Å²) in [7, 11) is 0. The van der Waals surface area contributed by atoms with Crippen molar-refractivity contribution in [2.45, 2.75) is 31.8 Å². The fraction of sp³-hybridized carbons (Fsp3) is 0.562. The Morgan fingerprint density at radius 2 is 2.40 bits per heavy atom. The van der Waals surface area contributed by atoms with Gasteiger partial charge in [-0.05, 0) is 44.0 Å². The maximum absolute atomic E-state index is 9.29. The average Bonchev–Trinajstić information content (AvgIpc) is 2.99. The standard InChI is InChI=1S/C16H23N3O/c1-13(15-5-2-4-14(10-15)11-17)19(8-9-20)12-16-6-3-7-18-16/h2,4-5,10,13,16,18,20H,3,6-9,12H2,1H3. The molecule has 1 heterocycles. The van der Waals surface area contributed by atoms with Gasteiger partial charge in [0.15, 0.2) is 0 Å². The van der Waals surface area contributed by atoms with E-state index < -0.39 is 0 Å². The quantitative estimate of drug-likeness (QED) is 0.827. The molecule has 0 aliphatic carbocycles. The van der Waals surface area contributed by atoms with E-state index in [1.807, 2.05) is 18.2 Å². The predicted molar refractivity (Wildman–Crippen MR) is 79.3 cm³/mol. The van der Waals surface area contributed by atoms with Crippen LogP contribution in [-0.4, -0.2) is 42.3 Å². The SMILES string of the molecule is CC(c1cccc(C#N)c1)N(CCO)CC1CCCN1. The molecule has 2 unspecified atom stereocenters. The molecule has 1 aromatic carbocycles. The van der Waals surface area contributed by atoms with Gasteiger partial charge in [-0.15, -0.1) is 0 Å². The molecule has 2 N–H and O–H groups in total. The first-order chi connectivity index (χ1) is 9.74. The Hall–Kier alpha value is -1.41. The summed E-state index contributed by atoms with van der Waals surface area (Å²) in [6, 6.07) is 10.7. The molecular weight excluding hydrogens is 250 g/mol. The highest BCUT2D eigenvalue weighted by Gasteiger charge is 2.22. The number of nitrogens with one attached hydrogen (secondary N) is 1. The number of aliphatic hydroxyl groups is 1. The molecule has 0 spiro atoms. The molecule has 4 nitrogen and oxygen atoms in total. The van der Waals surface area contributed by atoms with Gasteiger partial charge >= 0.3 is 0 Å². The normalized spacial score (nSPS) is 20.0. The lowest BCUT2D eigenvalue weighted by atomic mass is 10.0. The minimum Gasteiger partial charge on any atom is -0.395 e. The van der Waals surface area contributed by atoms with E-state index in [9.17, 15) is 5.11 Å². The van der Waals surface area contributed by atoms with Crippen LogP contribution in [-0.2, 0) is 0 Å². The van der Waals surface area contributed by atoms with Crippen LogP contribution in [0.25, 0.3) is 0 Å².